The van der Waals surface area contributed by atoms with Gasteiger partial charge >= 0.3 is 0 Å². The molecule has 2 aromatic rings. The van der Waals surface area contributed by atoms with Crippen LogP contribution in [0.25, 0.3) is 11.0 Å². The van der Waals surface area contributed by atoms with Crippen molar-refractivity contribution >= 4 is 16.7 Å². The molecule has 1 aliphatic heterocycles. The fourth-order valence-electron chi connectivity index (χ4n) is 3.98. The molecule has 0 amide bonds. The van der Waals surface area contributed by atoms with Gasteiger partial charge in [-0.1, -0.05) is 6.42 Å². The smallest absolute Gasteiger partial charge is 0.108 e. The van der Waals surface area contributed by atoms with Gasteiger partial charge in [0.2, 0.25) is 0 Å². The maximum atomic E-state index is 5.80. The number of imidazole rings is 1. The Morgan fingerprint density at radius 2 is 2.05 bits per heavy atom. The lowest BCUT2D eigenvalue weighted by molar-refractivity contribution is 0.313. The van der Waals surface area contributed by atoms with Crippen LogP contribution in [0, 0.1) is 11.8 Å². The number of H-pyrrole nitrogens is 1. The minimum absolute atomic E-state index is 0.792. The molecule has 2 aliphatic rings. The average Bonchev–Trinajstić information content (AvgIpc) is 3.08. The van der Waals surface area contributed by atoms with Crippen molar-refractivity contribution in [3.8, 4) is 0 Å². The highest BCUT2D eigenvalue weighted by Crippen LogP contribution is 2.37. The first-order valence-electron chi connectivity index (χ1n) is 7.74. The van der Waals surface area contributed by atoms with Gasteiger partial charge < -0.3 is 15.6 Å². The van der Waals surface area contributed by atoms with Crippen LogP contribution in [0.2, 0.25) is 0 Å². The first-order valence-corrected chi connectivity index (χ1v) is 7.74. The zero-order chi connectivity index (χ0) is 13.5. The number of hydrogen-bond donors (Lipinski definition) is 2. The van der Waals surface area contributed by atoms with Crippen molar-refractivity contribution in [1.29, 1.82) is 0 Å². The summed E-state index contributed by atoms with van der Waals surface area (Å²) < 4.78 is 0. The number of likely N-dealkylation sites (tertiary alicyclic amines) is 1. The second-order valence-corrected chi connectivity index (χ2v) is 6.42. The summed E-state index contributed by atoms with van der Waals surface area (Å²) in [4.78, 5) is 10.7. The molecule has 0 bridgehead atoms. The van der Waals surface area contributed by atoms with Gasteiger partial charge in [-0.3, -0.25) is 0 Å². The average molecular weight is 270 g/mol. The maximum Gasteiger partial charge on any atom is 0.108 e. The highest BCUT2D eigenvalue weighted by molar-refractivity contribution is 5.78. The lowest BCUT2D eigenvalue weighted by atomic mass is 10.0. The molecule has 106 valence electrons. The van der Waals surface area contributed by atoms with E-state index in [1.807, 2.05) is 18.2 Å². The van der Waals surface area contributed by atoms with Gasteiger partial charge in [0.15, 0.2) is 0 Å². The highest BCUT2D eigenvalue weighted by atomic mass is 15.2. The third kappa shape index (κ3) is 2.18. The van der Waals surface area contributed by atoms with Crippen LogP contribution in [-0.4, -0.2) is 34.5 Å². The Bertz CT molecular complexity index is 606. The molecule has 20 heavy (non-hydrogen) atoms. The van der Waals surface area contributed by atoms with Crippen LogP contribution < -0.4 is 5.73 Å². The maximum absolute atomic E-state index is 5.80. The van der Waals surface area contributed by atoms with Crippen molar-refractivity contribution in [3.63, 3.8) is 0 Å². The van der Waals surface area contributed by atoms with Gasteiger partial charge in [0.05, 0.1) is 11.0 Å². The molecule has 1 aromatic carbocycles. The fourth-order valence-corrected chi connectivity index (χ4v) is 3.98. The summed E-state index contributed by atoms with van der Waals surface area (Å²) in [6.07, 6.45) is 5.36. The topological polar surface area (TPSA) is 57.9 Å². The standard InChI is InChI=1S/C16H22N4/c17-13-4-5-14-15(8-13)19-16(18-14)6-7-20-9-11-2-1-3-12(11)10-20/h4-5,8,11-12H,1-3,6-7,9-10,17H2,(H,18,19). The molecule has 1 aromatic heterocycles. The Morgan fingerprint density at radius 1 is 1.25 bits per heavy atom. The van der Waals surface area contributed by atoms with E-state index in [9.17, 15) is 0 Å². The van der Waals surface area contributed by atoms with Crippen molar-refractivity contribution in [2.24, 2.45) is 11.8 Å². The van der Waals surface area contributed by atoms with Crippen molar-refractivity contribution < 1.29 is 0 Å². The van der Waals surface area contributed by atoms with Gasteiger partial charge in [-0.15, -0.1) is 0 Å². The minimum Gasteiger partial charge on any atom is -0.399 e. The Hall–Kier alpha value is -1.55. The van der Waals surface area contributed by atoms with Crippen LogP contribution >= 0.6 is 0 Å². The SMILES string of the molecule is Nc1ccc2nc(CCN3CC4CCCC4C3)[nH]c2c1. The van der Waals surface area contributed by atoms with E-state index in [2.05, 4.69) is 14.9 Å². The van der Waals surface area contributed by atoms with E-state index in [0.717, 1.165) is 47.3 Å². The molecule has 1 aliphatic carbocycles. The minimum atomic E-state index is 0.792. The molecule has 4 nitrogen and oxygen atoms in total. The van der Waals surface area contributed by atoms with Crippen LogP contribution in [0.4, 0.5) is 5.69 Å². The van der Waals surface area contributed by atoms with Crippen LogP contribution in [0.1, 0.15) is 25.1 Å². The van der Waals surface area contributed by atoms with E-state index in [-0.39, 0.29) is 0 Å². The first kappa shape index (κ1) is 12.2. The summed E-state index contributed by atoms with van der Waals surface area (Å²) in [6.45, 7) is 3.73. The molecule has 2 unspecified atom stereocenters. The number of fused-ring (bicyclic) bond motifs is 2. The highest BCUT2D eigenvalue weighted by Gasteiger charge is 2.35. The Kier molecular flexibility index (Phi) is 2.91. The molecular weight excluding hydrogens is 248 g/mol. The Morgan fingerprint density at radius 3 is 2.85 bits per heavy atom. The van der Waals surface area contributed by atoms with Crippen molar-refractivity contribution in [2.45, 2.75) is 25.7 Å². The number of aromatic amines is 1. The number of nitrogens with one attached hydrogen (secondary N) is 1. The number of hydrogen-bond acceptors (Lipinski definition) is 3. The number of rotatable bonds is 3. The first-order chi connectivity index (χ1) is 9.78. The van der Waals surface area contributed by atoms with Crippen molar-refractivity contribution in [1.82, 2.24) is 14.9 Å². The van der Waals surface area contributed by atoms with Gasteiger partial charge in [0, 0.05) is 31.7 Å². The predicted octanol–water partition coefficient (Wildman–Crippen LogP) is 2.42. The lowest BCUT2D eigenvalue weighted by Crippen LogP contribution is -2.24. The monoisotopic (exact) mass is 270 g/mol. The van der Waals surface area contributed by atoms with E-state index in [4.69, 9.17) is 5.73 Å². The molecule has 4 heteroatoms. The van der Waals surface area contributed by atoms with Gasteiger partial charge in [0.25, 0.3) is 0 Å². The fraction of sp³-hybridized carbons (Fsp3) is 0.562. The van der Waals surface area contributed by atoms with E-state index < -0.39 is 0 Å². The zero-order valence-corrected chi connectivity index (χ0v) is 11.8. The van der Waals surface area contributed by atoms with Crippen molar-refractivity contribution in [2.75, 3.05) is 25.4 Å². The Labute approximate surface area is 119 Å². The van der Waals surface area contributed by atoms with Gasteiger partial charge in [0.1, 0.15) is 5.82 Å². The van der Waals surface area contributed by atoms with Crippen molar-refractivity contribution in [3.05, 3.63) is 24.0 Å². The van der Waals surface area contributed by atoms with E-state index >= 15 is 0 Å². The van der Waals surface area contributed by atoms with Crippen LogP contribution in [0.5, 0.6) is 0 Å². The van der Waals surface area contributed by atoms with E-state index in [0.29, 0.717) is 0 Å². The predicted molar refractivity (Wildman–Crippen MR) is 81.5 cm³/mol. The summed E-state index contributed by atoms with van der Waals surface area (Å²) in [7, 11) is 0. The molecule has 4 rings (SSSR count). The number of aromatic nitrogens is 2. The Balaban J connectivity index is 1.41. The number of nitrogens with zero attached hydrogens (tertiary/aromatic N) is 2. The second kappa shape index (κ2) is 4.77. The van der Waals surface area contributed by atoms with Crippen LogP contribution in [0.15, 0.2) is 18.2 Å². The normalized spacial score (nSPS) is 26.4. The van der Waals surface area contributed by atoms with Gasteiger partial charge in [-0.05, 0) is 42.9 Å². The number of nitrogens with two attached hydrogens (primary N) is 1. The lowest BCUT2D eigenvalue weighted by Gasteiger charge is -2.15. The summed E-state index contributed by atoms with van der Waals surface area (Å²) in [5, 5.41) is 0. The molecule has 2 atom stereocenters. The molecule has 0 spiro atoms. The van der Waals surface area contributed by atoms with Gasteiger partial charge in [-0.2, -0.15) is 0 Å². The molecule has 0 radical (unpaired) electrons. The summed E-state index contributed by atoms with van der Waals surface area (Å²) in [6, 6.07) is 5.87. The summed E-state index contributed by atoms with van der Waals surface area (Å²) in [5.41, 5.74) is 8.67. The molecule has 2 heterocycles. The molecular formula is C16H22N4. The van der Waals surface area contributed by atoms with Gasteiger partial charge in [-0.25, -0.2) is 4.98 Å². The number of nitrogen functional groups attached to an aromatic ring is 1. The number of benzene rings is 1. The third-order valence-electron chi connectivity index (χ3n) is 5.02. The zero-order valence-electron chi connectivity index (χ0n) is 11.8. The van der Waals surface area contributed by atoms with Crippen LogP contribution in [-0.2, 0) is 6.42 Å². The second-order valence-electron chi connectivity index (χ2n) is 6.42. The number of anilines is 1. The quantitative estimate of drug-likeness (QED) is 0.842. The third-order valence-corrected chi connectivity index (χ3v) is 5.02. The van der Waals surface area contributed by atoms with E-state index in [1.54, 1.807) is 0 Å². The van der Waals surface area contributed by atoms with Crippen LogP contribution in [0.3, 0.4) is 0 Å². The molecule has 1 saturated carbocycles. The summed E-state index contributed by atoms with van der Waals surface area (Å²) in [5.74, 6) is 3.04. The molecule has 2 fully saturated rings. The molecule has 3 N–H and O–H groups in total. The molecule has 1 saturated heterocycles. The van der Waals surface area contributed by atoms with E-state index in [1.165, 1.54) is 32.4 Å². The summed E-state index contributed by atoms with van der Waals surface area (Å²) >= 11 is 0. The largest absolute Gasteiger partial charge is 0.399 e.